The van der Waals surface area contributed by atoms with Crippen molar-refractivity contribution in [3.8, 4) is 0 Å². The standard InChI is InChI=1S/C17H26N4O2.ClH/c1-21(2)10-9-19-16(22)14-6-3-5-13(11-14)12-20-17(23)15-7-4-8-18-15;/h3,5-6,11,15,18H,4,7-10,12H2,1-2H3,(H,19,22)(H,20,23);1H. The zero-order chi connectivity index (χ0) is 16.7. The van der Waals surface area contributed by atoms with Gasteiger partial charge in [0.05, 0.1) is 6.04 Å². The van der Waals surface area contributed by atoms with Crippen molar-refractivity contribution < 1.29 is 9.59 Å². The third-order valence-corrected chi connectivity index (χ3v) is 3.88. The van der Waals surface area contributed by atoms with Crippen LogP contribution in [0.25, 0.3) is 0 Å². The molecule has 1 aliphatic heterocycles. The third-order valence-electron chi connectivity index (χ3n) is 3.88. The van der Waals surface area contributed by atoms with Crippen molar-refractivity contribution in [1.82, 2.24) is 20.9 Å². The van der Waals surface area contributed by atoms with E-state index in [0.29, 0.717) is 18.7 Å². The molecule has 1 atom stereocenters. The molecular formula is C17H27ClN4O2. The van der Waals surface area contributed by atoms with Gasteiger partial charge in [-0.1, -0.05) is 12.1 Å². The fourth-order valence-corrected chi connectivity index (χ4v) is 2.54. The number of nitrogens with zero attached hydrogens (tertiary/aromatic N) is 1. The minimum absolute atomic E-state index is 0. The maximum Gasteiger partial charge on any atom is 0.251 e. The predicted octanol–water partition coefficient (Wildman–Crippen LogP) is 0.768. The second-order valence-electron chi connectivity index (χ2n) is 6.13. The molecule has 134 valence electrons. The van der Waals surface area contributed by atoms with E-state index in [4.69, 9.17) is 0 Å². The van der Waals surface area contributed by atoms with E-state index in [0.717, 1.165) is 31.5 Å². The fraction of sp³-hybridized carbons (Fsp3) is 0.529. The van der Waals surface area contributed by atoms with Gasteiger partial charge in [-0.2, -0.15) is 0 Å². The van der Waals surface area contributed by atoms with Crippen molar-refractivity contribution in [3.63, 3.8) is 0 Å². The Hall–Kier alpha value is -1.63. The molecule has 1 fully saturated rings. The lowest BCUT2D eigenvalue weighted by Crippen LogP contribution is -2.40. The van der Waals surface area contributed by atoms with Crippen molar-refractivity contribution in [3.05, 3.63) is 35.4 Å². The molecule has 1 aliphatic rings. The van der Waals surface area contributed by atoms with Crippen molar-refractivity contribution in [2.45, 2.75) is 25.4 Å². The number of carbonyl (C=O) groups excluding carboxylic acids is 2. The van der Waals surface area contributed by atoms with Gasteiger partial charge < -0.3 is 20.9 Å². The smallest absolute Gasteiger partial charge is 0.251 e. The van der Waals surface area contributed by atoms with Crippen LogP contribution in [0.5, 0.6) is 0 Å². The number of benzene rings is 1. The average molecular weight is 355 g/mol. The van der Waals surface area contributed by atoms with Crippen LogP contribution in [-0.4, -0.2) is 56.5 Å². The molecule has 6 nitrogen and oxygen atoms in total. The molecule has 0 aromatic heterocycles. The predicted molar refractivity (Wildman–Crippen MR) is 97.4 cm³/mol. The first-order valence-electron chi connectivity index (χ1n) is 8.09. The lowest BCUT2D eigenvalue weighted by atomic mass is 10.1. The Labute approximate surface area is 149 Å². The Morgan fingerprint density at radius 2 is 2.08 bits per heavy atom. The summed E-state index contributed by atoms with van der Waals surface area (Å²) in [6, 6.07) is 7.30. The van der Waals surface area contributed by atoms with Gasteiger partial charge in [0.25, 0.3) is 5.91 Å². The van der Waals surface area contributed by atoms with Crippen LogP contribution in [-0.2, 0) is 11.3 Å². The number of rotatable bonds is 7. The zero-order valence-corrected chi connectivity index (χ0v) is 15.1. The molecule has 0 bridgehead atoms. The Balaban J connectivity index is 0.00000288. The number of hydrogen-bond donors (Lipinski definition) is 3. The maximum absolute atomic E-state index is 12.1. The van der Waals surface area contributed by atoms with Crippen LogP contribution in [0.3, 0.4) is 0 Å². The molecule has 24 heavy (non-hydrogen) atoms. The quantitative estimate of drug-likeness (QED) is 0.676. The van der Waals surface area contributed by atoms with Crippen LogP contribution in [0.4, 0.5) is 0 Å². The second-order valence-corrected chi connectivity index (χ2v) is 6.13. The van der Waals surface area contributed by atoms with Gasteiger partial charge in [0, 0.05) is 25.2 Å². The lowest BCUT2D eigenvalue weighted by molar-refractivity contribution is -0.122. The van der Waals surface area contributed by atoms with Gasteiger partial charge in [0.1, 0.15) is 0 Å². The van der Waals surface area contributed by atoms with Crippen molar-refractivity contribution >= 4 is 24.2 Å². The largest absolute Gasteiger partial charge is 0.351 e. The summed E-state index contributed by atoms with van der Waals surface area (Å²) < 4.78 is 0. The SMILES string of the molecule is CN(C)CCNC(=O)c1cccc(CNC(=O)C2CCCN2)c1.Cl. The number of halogens is 1. The van der Waals surface area contributed by atoms with Crippen LogP contribution < -0.4 is 16.0 Å². The summed E-state index contributed by atoms with van der Waals surface area (Å²) in [6.07, 6.45) is 1.93. The normalized spacial score (nSPS) is 16.5. The first kappa shape index (κ1) is 20.4. The number of amides is 2. The highest BCUT2D eigenvalue weighted by Gasteiger charge is 2.21. The summed E-state index contributed by atoms with van der Waals surface area (Å²) in [5.74, 6) is -0.0548. The summed E-state index contributed by atoms with van der Waals surface area (Å²) in [5, 5.41) is 8.99. The summed E-state index contributed by atoms with van der Waals surface area (Å²) in [5.41, 5.74) is 1.55. The van der Waals surface area contributed by atoms with Crippen molar-refractivity contribution in [2.75, 3.05) is 33.7 Å². The van der Waals surface area contributed by atoms with Crippen LogP contribution in [0.1, 0.15) is 28.8 Å². The van der Waals surface area contributed by atoms with Crippen LogP contribution in [0.2, 0.25) is 0 Å². The highest BCUT2D eigenvalue weighted by molar-refractivity contribution is 5.94. The Kier molecular flexibility index (Phi) is 8.74. The Morgan fingerprint density at radius 1 is 1.29 bits per heavy atom. The van der Waals surface area contributed by atoms with Crippen LogP contribution in [0, 0.1) is 0 Å². The summed E-state index contributed by atoms with van der Waals surface area (Å²) in [4.78, 5) is 26.1. The van der Waals surface area contributed by atoms with Crippen LogP contribution in [0.15, 0.2) is 24.3 Å². The number of hydrogen-bond acceptors (Lipinski definition) is 4. The average Bonchev–Trinajstić information content (AvgIpc) is 3.07. The molecule has 0 aliphatic carbocycles. The number of likely N-dealkylation sites (N-methyl/N-ethyl adjacent to an activating group) is 1. The molecule has 7 heteroatoms. The minimum Gasteiger partial charge on any atom is -0.351 e. The summed E-state index contributed by atoms with van der Waals surface area (Å²) >= 11 is 0. The number of carbonyl (C=O) groups is 2. The first-order valence-corrected chi connectivity index (χ1v) is 8.09. The molecule has 0 spiro atoms. The second kappa shape index (κ2) is 10.3. The van der Waals surface area contributed by atoms with Gasteiger partial charge in [-0.25, -0.2) is 0 Å². The molecule has 1 unspecified atom stereocenters. The van der Waals surface area contributed by atoms with E-state index >= 15 is 0 Å². The number of nitrogens with one attached hydrogen (secondary N) is 3. The molecule has 3 N–H and O–H groups in total. The maximum atomic E-state index is 12.1. The molecule has 1 saturated heterocycles. The van der Waals surface area contributed by atoms with E-state index < -0.39 is 0 Å². The summed E-state index contributed by atoms with van der Waals surface area (Å²) in [6.45, 7) is 2.76. The van der Waals surface area contributed by atoms with Gasteiger partial charge in [0.2, 0.25) is 5.91 Å². The van der Waals surface area contributed by atoms with Gasteiger partial charge in [0.15, 0.2) is 0 Å². The van der Waals surface area contributed by atoms with Crippen molar-refractivity contribution in [2.24, 2.45) is 0 Å². The molecule has 0 radical (unpaired) electrons. The fourth-order valence-electron chi connectivity index (χ4n) is 2.54. The van der Waals surface area contributed by atoms with E-state index in [2.05, 4.69) is 16.0 Å². The van der Waals surface area contributed by atoms with Gasteiger partial charge in [-0.15, -0.1) is 12.4 Å². The highest BCUT2D eigenvalue weighted by atomic mass is 35.5. The molecule has 2 rings (SSSR count). The summed E-state index contributed by atoms with van der Waals surface area (Å²) in [7, 11) is 3.93. The Morgan fingerprint density at radius 3 is 2.75 bits per heavy atom. The van der Waals surface area contributed by atoms with E-state index in [1.807, 2.05) is 37.2 Å². The van der Waals surface area contributed by atoms with Gasteiger partial charge >= 0.3 is 0 Å². The van der Waals surface area contributed by atoms with E-state index in [-0.39, 0.29) is 30.3 Å². The zero-order valence-electron chi connectivity index (χ0n) is 14.3. The topological polar surface area (TPSA) is 73.5 Å². The molecule has 1 heterocycles. The van der Waals surface area contributed by atoms with E-state index in [9.17, 15) is 9.59 Å². The molecular weight excluding hydrogens is 328 g/mol. The monoisotopic (exact) mass is 354 g/mol. The molecule has 1 aromatic rings. The van der Waals surface area contributed by atoms with Gasteiger partial charge in [-0.05, 0) is 51.2 Å². The van der Waals surface area contributed by atoms with Crippen LogP contribution >= 0.6 is 12.4 Å². The third kappa shape index (κ3) is 6.47. The highest BCUT2D eigenvalue weighted by Crippen LogP contribution is 2.07. The minimum atomic E-state index is -0.0857. The molecule has 2 amide bonds. The first-order chi connectivity index (χ1) is 11.1. The van der Waals surface area contributed by atoms with Crippen molar-refractivity contribution in [1.29, 1.82) is 0 Å². The lowest BCUT2D eigenvalue weighted by Gasteiger charge is -2.12. The Bertz CT molecular complexity index is 545. The molecule has 1 aromatic carbocycles. The van der Waals surface area contributed by atoms with E-state index in [1.54, 1.807) is 6.07 Å². The van der Waals surface area contributed by atoms with Gasteiger partial charge in [-0.3, -0.25) is 9.59 Å². The molecule has 0 saturated carbocycles. The van der Waals surface area contributed by atoms with E-state index in [1.165, 1.54) is 0 Å².